The van der Waals surface area contributed by atoms with Crippen LogP contribution in [0.2, 0.25) is 5.02 Å². The van der Waals surface area contributed by atoms with Crippen LogP contribution < -0.4 is 16.0 Å². The van der Waals surface area contributed by atoms with Crippen LogP contribution in [-0.4, -0.2) is 51.7 Å². The van der Waals surface area contributed by atoms with Crippen molar-refractivity contribution in [2.75, 3.05) is 29.0 Å². The normalized spacial score (nSPS) is 20.1. The summed E-state index contributed by atoms with van der Waals surface area (Å²) in [5.41, 5.74) is 1.19. The fourth-order valence-electron chi connectivity index (χ4n) is 5.18. The first-order chi connectivity index (χ1) is 17.9. The van der Waals surface area contributed by atoms with Crippen molar-refractivity contribution in [2.45, 2.75) is 51.5 Å². The first-order valence-electron chi connectivity index (χ1n) is 12.6. The highest BCUT2D eigenvalue weighted by atomic mass is 35.5. The molecule has 3 aromatic heterocycles. The quantitative estimate of drug-likeness (QED) is 0.427. The highest BCUT2D eigenvalue weighted by Gasteiger charge is 2.32. The molecule has 1 aliphatic heterocycles. The lowest BCUT2D eigenvalue weighted by molar-refractivity contribution is -0.121. The summed E-state index contributed by atoms with van der Waals surface area (Å²) in [6.07, 6.45) is 8.92. The molecule has 37 heavy (non-hydrogen) atoms. The smallest absolute Gasteiger partial charge is 0.294 e. The highest BCUT2D eigenvalue weighted by Crippen LogP contribution is 2.34. The maximum absolute atomic E-state index is 13.3. The van der Waals surface area contributed by atoms with Gasteiger partial charge in [-0.25, -0.2) is 9.97 Å². The number of nitrogens with zero attached hydrogens (tertiary/aromatic N) is 3. The van der Waals surface area contributed by atoms with Gasteiger partial charge in [0.25, 0.3) is 5.91 Å². The number of likely N-dealkylation sites (tertiary alicyclic amines) is 1. The molecule has 0 aromatic carbocycles. The van der Waals surface area contributed by atoms with Crippen LogP contribution in [0, 0.1) is 5.92 Å². The molecule has 3 N–H and O–H groups in total. The molecule has 2 fully saturated rings. The van der Waals surface area contributed by atoms with E-state index >= 15 is 0 Å². The number of hydrogen-bond donors (Lipinski definition) is 3. The van der Waals surface area contributed by atoms with Gasteiger partial charge in [-0.15, -0.1) is 0 Å². The van der Waals surface area contributed by atoms with Crippen molar-refractivity contribution >= 4 is 57.6 Å². The molecule has 4 heterocycles. The monoisotopic (exact) mass is 524 g/mol. The number of carbonyl (C=O) groups excluding carboxylic acids is 3. The van der Waals surface area contributed by atoms with Crippen molar-refractivity contribution < 1.29 is 18.8 Å². The summed E-state index contributed by atoms with van der Waals surface area (Å²) >= 11 is 5.89. The molecule has 194 valence electrons. The Morgan fingerprint density at radius 2 is 1.76 bits per heavy atom. The van der Waals surface area contributed by atoms with Gasteiger partial charge in [-0.05, 0) is 63.7 Å². The molecule has 5 rings (SSSR count). The van der Waals surface area contributed by atoms with Crippen molar-refractivity contribution in [3.8, 4) is 0 Å². The number of furan rings is 1. The van der Waals surface area contributed by atoms with Gasteiger partial charge in [0, 0.05) is 31.1 Å². The van der Waals surface area contributed by atoms with E-state index in [0.29, 0.717) is 22.3 Å². The van der Waals surface area contributed by atoms with Gasteiger partial charge in [-0.3, -0.25) is 14.4 Å². The molecule has 1 saturated heterocycles. The molecule has 11 heteroatoms. The maximum Gasteiger partial charge on any atom is 0.294 e. The summed E-state index contributed by atoms with van der Waals surface area (Å²) in [5, 5.41) is 8.67. The van der Waals surface area contributed by atoms with E-state index < -0.39 is 5.91 Å². The Balaban J connectivity index is 1.38. The highest BCUT2D eigenvalue weighted by molar-refractivity contribution is 6.30. The zero-order valence-electron chi connectivity index (χ0n) is 20.6. The largest absolute Gasteiger partial charge is 0.447 e. The van der Waals surface area contributed by atoms with Crippen LogP contribution in [0.25, 0.3) is 11.1 Å². The molecule has 3 aromatic rings. The summed E-state index contributed by atoms with van der Waals surface area (Å²) in [4.78, 5) is 49.0. The fourth-order valence-corrected chi connectivity index (χ4v) is 5.30. The topological polar surface area (TPSA) is 129 Å². The number of amides is 3. The van der Waals surface area contributed by atoms with Crippen LogP contribution in [0.5, 0.6) is 0 Å². The van der Waals surface area contributed by atoms with Crippen LogP contribution in [0.3, 0.4) is 0 Å². The summed E-state index contributed by atoms with van der Waals surface area (Å²) in [6.45, 7) is 3.68. The third-order valence-electron chi connectivity index (χ3n) is 7.00. The number of carbonyl (C=O) groups is 3. The van der Waals surface area contributed by atoms with E-state index in [-0.39, 0.29) is 40.6 Å². The predicted molar refractivity (Wildman–Crippen MR) is 141 cm³/mol. The zero-order chi connectivity index (χ0) is 25.9. The van der Waals surface area contributed by atoms with Gasteiger partial charge >= 0.3 is 0 Å². The number of nitrogens with one attached hydrogen (secondary N) is 3. The average molecular weight is 525 g/mol. The van der Waals surface area contributed by atoms with E-state index in [9.17, 15) is 14.4 Å². The van der Waals surface area contributed by atoms with E-state index in [0.717, 1.165) is 38.8 Å². The fraction of sp³-hybridized carbons (Fsp3) is 0.423. The number of pyridine rings is 2. The number of aromatic nitrogens is 2. The van der Waals surface area contributed by atoms with Gasteiger partial charge in [-0.2, -0.15) is 0 Å². The zero-order valence-corrected chi connectivity index (χ0v) is 21.3. The van der Waals surface area contributed by atoms with Crippen molar-refractivity contribution in [1.82, 2.24) is 14.9 Å². The van der Waals surface area contributed by atoms with Crippen LogP contribution in [-0.2, 0) is 9.59 Å². The molecular weight excluding hydrogens is 496 g/mol. The lowest BCUT2D eigenvalue weighted by Crippen LogP contribution is -2.38. The molecular formula is C26H29ClN6O4. The molecule has 1 saturated carbocycles. The van der Waals surface area contributed by atoms with Gasteiger partial charge in [0.2, 0.25) is 17.6 Å². The molecule has 0 spiro atoms. The van der Waals surface area contributed by atoms with Crippen LogP contribution in [0.4, 0.5) is 17.2 Å². The predicted octanol–water partition coefficient (Wildman–Crippen LogP) is 4.68. The molecule has 2 aliphatic rings. The number of anilines is 3. The Bertz CT molecular complexity index is 1310. The molecule has 1 aliphatic carbocycles. The number of fused-ring (bicyclic) bond motifs is 1. The molecule has 3 amide bonds. The summed E-state index contributed by atoms with van der Waals surface area (Å²) in [6, 6.07) is 5.28. The minimum Gasteiger partial charge on any atom is -0.447 e. The SMILES string of the molecule is CC(=O)Nc1cnc2c(NC(=O)[C@H]3CC[C@H](N4CCCC4)CC3)c(C(=O)Nc3ccc(Cl)cn3)oc2c1. The second-order valence-electron chi connectivity index (χ2n) is 9.61. The van der Waals surface area contributed by atoms with Gasteiger partial charge < -0.3 is 25.3 Å². The van der Waals surface area contributed by atoms with Crippen molar-refractivity contribution in [3.63, 3.8) is 0 Å². The minimum atomic E-state index is -0.595. The maximum atomic E-state index is 13.3. The molecule has 0 radical (unpaired) electrons. The lowest BCUT2D eigenvalue weighted by atomic mass is 9.85. The third-order valence-corrected chi connectivity index (χ3v) is 7.22. The standard InChI is InChI=1S/C26H29ClN6O4/c1-15(34)30-18-12-20-22(29-14-18)23(24(37-20)26(36)31-21-9-6-17(27)13-28-21)32-25(35)16-4-7-19(8-5-16)33-10-2-3-11-33/h6,9,12-14,16,19H,2-5,7-8,10-11H2,1H3,(H,30,34)(H,32,35)(H,28,31,36)/t16-,19-. The van der Waals surface area contributed by atoms with E-state index in [1.54, 1.807) is 18.2 Å². The second-order valence-corrected chi connectivity index (χ2v) is 10.0. The Labute approximate surface area is 219 Å². The Kier molecular flexibility index (Phi) is 7.38. The van der Waals surface area contributed by atoms with Gasteiger partial charge in [-0.1, -0.05) is 11.6 Å². The molecule has 10 nitrogen and oxygen atoms in total. The third kappa shape index (κ3) is 5.75. The van der Waals surface area contributed by atoms with Gasteiger partial charge in [0.1, 0.15) is 17.0 Å². The Morgan fingerprint density at radius 3 is 2.43 bits per heavy atom. The number of halogens is 1. The molecule has 0 unspecified atom stereocenters. The molecule has 0 atom stereocenters. The van der Waals surface area contributed by atoms with E-state index in [1.807, 2.05) is 0 Å². The Hall–Kier alpha value is -3.50. The first kappa shape index (κ1) is 25.2. The molecule has 0 bridgehead atoms. The van der Waals surface area contributed by atoms with Gasteiger partial charge in [0.15, 0.2) is 5.58 Å². The van der Waals surface area contributed by atoms with Crippen molar-refractivity contribution in [1.29, 1.82) is 0 Å². The van der Waals surface area contributed by atoms with Crippen LogP contribution >= 0.6 is 11.6 Å². The lowest BCUT2D eigenvalue weighted by Gasteiger charge is -2.33. The van der Waals surface area contributed by atoms with E-state index in [4.69, 9.17) is 16.0 Å². The van der Waals surface area contributed by atoms with E-state index in [2.05, 4.69) is 30.8 Å². The van der Waals surface area contributed by atoms with Crippen LogP contribution in [0.1, 0.15) is 56.0 Å². The van der Waals surface area contributed by atoms with E-state index in [1.165, 1.54) is 32.2 Å². The first-order valence-corrected chi connectivity index (χ1v) is 12.9. The van der Waals surface area contributed by atoms with Crippen molar-refractivity contribution in [2.24, 2.45) is 5.92 Å². The Morgan fingerprint density at radius 1 is 1.00 bits per heavy atom. The summed E-state index contributed by atoms with van der Waals surface area (Å²) in [7, 11) is 0. The number of rotatable bonds is 6. The van der Waals surface area contributed by atoms with Crippen molar-refractivity contribution in [3.05, 3.63) is 41.4 Å². The van der Waals surface area contributed by atoms with Crippen LogP contribution in [0.15, 0.2) is 35.0 Å². The second kappa shape index (κ2) is 10.9. The summed E-state index contributed by atoms with van der Waals surface area (Å²) < 4.78 is 5.85. The number of hydrogen-bond acceptors (Lipinski definition) is 7. The minimum absolute atomic E-state index is 0.0988. The average Bonchev–Trinajstić information content (AvgIpc) is 3.54. The summed E-state index contributed by atoms with van der Waals surface area (Å²) in [5.74, 6) is -0.998. The van der Waals surface area contributed by atoms with Gasteiger partial charge in [0.05, 0.1) is 16.9 Å².